The number of para-hydroxylation sites is 1. The summed E-state index contributed by atoms with van der Waals surface area (Å²) < 4.78 is 21.9. The predicted molar refractivity (Wildman–Crippen MR) is 110 cm³/mol. The van der Waals surface area contributed by atoms with Gasteiger partial charge in [-0.1, -0.05) is 32.0 Å². The molecule has 3 rings (SSSR count). The predicted octanol–water partition coefficient (Wildman–Crippen LogP) is 5.04. The third-order valence-electron chi connectivity index (χ3n) is 4.20. The first-order valence-corrected chi connectivity index (χ1v) is 9.49. The highest BCUT2D eigenvalue weighted by Gasteiger charge is 2.14. The highest BCUT2D eigenvalue weighted by Crippen LogP contribution is 2.30. The van der Waals surface area contributed by atoms with Gasteiger partial charge >= 0.3 is 5.97 Å². The largest absolute Gasteiger partial charge is 0.482 e. The Bertz CT molecular complexity index is 1060. The summed E-state index contributed by atoms with van der Waals surface area (Å²) in [5.41, 5.74) is 1.06. The minimum atomic E-state index is -0.464. The van der Waals surface area contributed by atoms with Gasteiger partial charge in [0.25, 0.3) is 0 Å². The van der Waals surface area contributed by atoms with Gasteiger partial charge in [0, 0.05) is 6.07 Å². The Morgan fingerprint density at radius 2 is 1.79 bits per heavy atom. The van der Waals surface area contributed by atoms with Crippen LogP contribution in [0.4, 0.5) is 0 Å². The van der Waals surface area contributed by atoms with E-state index in [1.807, 2.05) is 24.3 Å². The van der Waals surface area contributed by atoms with Crippen molar-refractivity contribution in [3.05, 3.63) is 64.5 Å². The second-order valence-electron chi connectivity index (χ2n) is 7.21. The van der Waals surface area contributed by atoms with Crippen molar-refractivity contribution in [2.24, 2.45) is 0 Å². The Hall–Kier alpha value is -3.28. The second kappa shape index (κ2) is 8.82. The fourth-order valence-electron chi connectivity index (χ4n) is 2.86. The Morgan fingerprint density at radius 1 is 1.03 bits per heavy atom. The van der Waals surface area contributed by atoms with Gasteiger partial charge in [-0.3, -0.25) is 4.79 Å². The van der Waals surface area contributed by atoms with Crippen LogP contribution < -0.4 is 14.9 Å². The van der Waals surface area contributed by atoms with Crippen molar-refractivity contribution < 1.29 is 23.4 Å². The van der Waals surface area contributed by atoms with Crippen molar-refractivity contribution in [1.29, 1.82) is 0 Å². The maximum absolute atomic E-state index is 12.8. The van der Waals surface area contributed by atoms with Crippen LogP contribution in [-0.4, -0.2) is 18.7 Å². The number of fused-ring (bicyclic) bond motifs is 1. The zero-order valence-electron chi connectivity index (χ0n) is 16.9. The fraction of sp³-hybridized carbons (Fsp3) is 0.304. The maximum atomic E-state index is 12.8. The van der Waals surface area contributed by atoms with Crippen LogP contribution in [0.5, 0.6) is 17.2 Å². The minimum Gasteiger partial charge on any atom is -0.482 e. The van der Waals surface area contributed by atoms with E-state index in [0.29, 0.717) is 22.5 Å². The number of carbonyl (C=O) groups excluding carboxylic acids is 1. The fourth-order valence-corrected chi connectivity index (χ4v) is 2.86. The van der Waals surface area contributed by atoms with Crippen LogP contribution in [-0.2, 0) is 9.53 Å². The molecule has 3 aromatic rings. The van der Waals surface area contributed by atoms with Crippen LogP contribution in [0.25, 0.3) is 11.0 Å². The molecule has 0 N–H and O–H groups in total. The smallest absolute Gasteiger partial charge is 0.344 e. The van der Waals surface area contributed by atoms with Gasteiger partial charge in [-0.15, -0.1) is 0 Å². The Morgan fingerprint density at radius 3 is 2.52 bits per heavy atom. The molecular formula is C23H24O6. The Labute approximate surface area is 169 Å². The van der Waals surface area contributed by atoms with Crippen LogP contribution >= 0.6 is 0 Å². The lowest BCUT2D eigenvalue weighted by Gasteiger charge is -2.13. The van der Waals surface area contributed by atoms with E-state index in [1.54, 1.807) is 32.0 Å². The first-order chi connectivity index (χ1) is 13.8. The van der Waals surface area contributed by atoms with Crippen LogP contribution in [0.1, 0.15) is 39.2 Å². The lowest BCUT2D eigenvalue weighted by atomic mass is 10.0. The van der Waals surface area contributed by atoms with Crippen molar-refractivity contribution >= 4 is 16.9 Å². The van der Waals surface area contributed by atoms with Gasteiger partial charge in [-0.2, -0.15) is 0 Å². The number of ether oxygens (including phenoxy) is 3. The van der Waals surface area contributed by atoms with Crippen molar-refractivity contribution in [1.82, 2.24) is 0 Å². The molecule has 6 nitrogen and oxygen atoms in total. The van der Waals surface area contributed by atoms with Gasteiger partial charge in [0.2, 0.25) is 11.2 Å². The molecule has 0 saturated heterocycles. The molecule has 1 aromatic heterocycles. The van der Waals surface area contributed by atoms with Gasteiger partial charge in [-0.25, -0.2) is 4.79 Å². The SMILES string of the molecule is CC(C)OC(=O)COc1ccc2c(=O)c(Oc3ccccc3C(C)C)coc2c1. The summed E-state index contributed by atoms with van der Waals surface area (Å²) in [6.07, 6.45) is 1.08. The molecule has 1 heterocycles. The standard InChI is InChI=1S/C23H24O6/c1-14(2)17-7-5-6-8-19(17)29-21-12-27-20-11-16(9-10-18(20)23(21)25)26-13-22(24)28-15(3)4/h5-12,14-15H,13H2,1-4H3. The van der Waals surface area contributed by atoms with Gasteiger partial charge < -0.3 is 18.6 Å². The molecule has 0 atom stereocenters. The van der Waals surface area contributed by atoms with Crippen molar-refractivity contribution in [3.63, 3.8) is 0 Å². The lowest BCUT2D eigenvalue weighted by Crippen LogP contribution is -2.18. The molecule has 0 fully saturated rings. The van der Waals surface area contributed by atoms with E-state index >= 15 is 0 Å². The first kappa shape index (κ1) is 20.5. The summed E-state index contributed by atoms with van der Waals surface area (Å²) in [5.74, 6) is 0.924. The van der Waals surface area contributed by atoms with Crippen molar-refractivity contribution in [2.45, 2.75) is 39.7 Å². The minimum absolute atomic E-state index is 0.111. The number of carbonyl (C=O) groups is 1. The molecule has 6 heteroatoms. The molecule has 0 unspecified atom stereocenters. The van der Waals surface area contributed by atoms with E-state index in [1.165, 1.54) is 6.26 Å². The molecule has 29 heavy (non-hydrogen) atoms. The van der Waals surface area contributed by atoms with E-state index in [-0.39, 0.29) is 29.8 Å². The average molecular weight is 396 g/mol. The van der Waals surface area contributed by atoms with Gasteiger partial charge in [0.05, 0.1) is 11.5 Å². The molecule has 0 aliphatic rings. The van der Waals surface area contributed by atoms with E-state index in [2.05, 4.69) is 13.8 Å². The van der Waals surface area contributed by atoms with Crippen LogP contribution in [0, 0.1) is 0 Å². The Kier molecular flexibility index (Phi) is 6.22. The number of esters is 1. The summed E-state index contributed by atoms with van der Waals surface area (Å²) in [6, 6.07) is 12.3. The zero-order chi connectivity index (χ0) is 21.0. The quantitative estimate of drug-likeness (QED) is 0.521. The first-order valence-electron chi connectivity index (χ1n) is 9.49. The topological polar surface area (TPSA) is 75.0 Å². The molecule has 152 valence electrons. The van der Waals surface area contributed by atoms with Crippen LogP contribution in [0.15, 0.2) is 57.9 Å². The summed E-state index contributed by atoms with van der Waals surface area (Å²) in [6.45, 7) is 7.43. The summed E-state index contributed by atoms with van der Waals surface area (Å²) in [4.78, 5) is 24.4. The summed E-state index contributed by atoms with van der Waals surface area (Å²) in [7, 11) is 0. The lowest BCUT2D eigenvalue weighted by molar-refractivity contribution is -0.149. The van der Waals surface area contributed by atoms with Gasteiger partial charge in [0.1, 0.15) is 23.3 Å². The van der Waals surface area contributed by atoms with Crippen LogP contribution in [0.3, 0.4) is 0 Å². The highest BCUT2D eigenvalue weighted by atomic mass is 16.6. The van der Waals surface area contributed by atoms with Crippen molar-refractivity contribution in [2.75, 3.05) is 6.61 Å². The molecule has 0 aliphatic heterocycles. The molecule has 0 radical (unpaired) electrons. The molecule has 0 amide bonds. The molecule has 2 aromatic carbocycles. The number of hydrogen-bond acceptors (Lipinski definition) is 6. The maximum Gasteiger partial charge on any atom is 0.344 e. The highest BCUT2D eigenvalue weighted by molar-refractivity contribution is 5.79. The summed E-state index contributed by atoms with van der Waals surface area (Å²) in [5, 5.41) is 0.363. The average Bonchev–Trinajstić information content (AvgIpc) is 2.68. The monoisotopic (exact) mass is 396 g/mol. The van der Waals surface area contributed by atoms with E-state index in [9.17, 15) is 9.59 Å². The van der Waals surface area contributed by atoms with Crippen LogP contribution in [0.2, 0.25) is 0 Å². The van der Waals surface area contributed by atoms with E-state index in [0.717, 1.165) is 5.56 Å². The van der Waals surface area contributed by atoms with Crippen molar-refractivity contribution in [3.8, 4) is 17.2 Å². The molecule has 0 bridgehead atoms. The number of hydrogen-bond donors (Lipinski definition) is 0. The molecule has 0 saturated carbocycles. The number of benzene rings is 2. The zero-order valence-corrected chi connectivity index (χ0v) is 16.9. The normalized spacial score (nSPS) is 11.1. The molecule has 0 aliphatic carbocycles. The second-order valence-corrected chi connectivity index (χ2v) is 7.21. The summed E-state index contributed by atoms with van der Waals surface area (Å²) >= 11 is 0. The molecule has 0 spiro atoms. The molecular weight excluding hydrogens is 372 g/mol. The third kappa shape index (κ3) is 4.96. The Balaban J connectivity index is 1.82. The third-order valence-corrected chi connectivity index (χ3v) is 4.20. The van der Waals surface area contributed by atoms with E-state index < -0.39 is 5.97 Å². The number of rotatable bonds is 7. The van der Waals surface area contributed by atoms with Gasteiger partial charge in [0.15, 0.2) is 6.61 Å². The van der Waals surface area contributed by atoms with E-state index in [4.69, 9.17) is 18.6 Å². The van der Waals surface area contributed by atoms with Gasteiger partial charge in [-0.05, 0) is 43.5 Å².